The summed E-state index contributed by atoms with van der Waals surface area (Å²) in [4.78, 5) is 2.42. The van der Waals surface area contributed by atoms with Crippen molar-refractivity contribution in [3.63, 3.8) is 0 Å². The van der Waals surface area contributed by atoms with Crippen LogP contribution < -0.4 is 10.1 Å². The summed E-state index contributed by atoms with van der Waals surface area (Å²) in [5, 5.41) is 3.45. The van der Waals surface area contributed by atoms with Gasteiger partial charge in [-0.05, 0) is 23.8 Å². The minimum Gasteiger partial charge on any atom is -0.496 e. The fraction of sp³-hybridized carbons (Fsp3) is 0.333. The highest BCUT2D eigenvalue weighted by Gasteiger charge is 2.26. The highest BCUT2D eigenvalue weighted by molar-refractivity contribution is 5.36. The zero-order valence-electron chi connectivity index (χ0n) is 12.8. The summed E-state index contributed by atoms with van der Waals surface area (Å²) in [5.41, 5.74) is 2.32. The molecular weight excluding hydrogens is 279 g/mol. The van der Waals surface area contributed by atoms with Crippen molar-refractivity contribution in [1.29, 1.82) is 0 Å². The Hall–Kier alpha value is -1.91. The van der Waals surface area contributed by atoms with Crippen LogP contribution in [-0.4, -0.2) is 31.6 Å². The van der Waals surface area contributed by atoms with Gasteiger partial charge in [0.1, 0.15) is 11.6 Å². The number of nitrogens with zero attached hydrogens (tertiary/aromatic N) is 1. The largest absolute Gasteiger partial charge is 0.496 e. The lowest BCUT2D eigenvalue weighted by atomic mass is 10.0. The Morgan fingerprint density at radius 1 is 1.18 bits per heavy atom. The van der Waals surface area contributed by atoms with E-state index in [9.17, 15) is 4.39 Å². The summed E-state index contributed by atoms with van der Waals surface area (Å²) in [7, 11) is 1.71. The van der Waals surface area contributed by atoms with E-state index in [4.69, 9.17) is 4.74 Å². The van der Waals surface area contributed by atoms with Crippen LogP contribution in [0.25, 0.3) is 0 Å². The SMILES string of the molecule is COc1ccccc1C1CNCCN1Cc1ccc(F)cc1. The lowest BCUT2D eigenvalue weighted by molar-refractivity contribution is 0.151. The molecule has 3 rings (SSSR count). The third-order valence-electron chi connectivity index (χ3n) is 4.15. The first-order chi connectivity index (χ1) is 10.8. The molecular formula is C18H21FN2O. The van der Waals surface area contributed by atoms with Crippen LogP contribution in [0.1, 0.15) is 17.2 Å². The molecule has 0 saturated carbocycles. The second kappa shape index (κ2) is 6.90. The molecule has 116 valence electrons. The second-order valence-corrected chi connectivity index (χ2v) is 5.56. The molecule has 1 atom stereocenters. The fourth-order valence-corrected chi connectivity index (χ4v) is 3.01. The predicted octanol–water partition coefficient (Wildman–Crippen LogP) is 2.98. The van der Waals surface area contributed by atoms with Gasteiger partial charge < -0.3 is 10.1 Å². The van der Waals surface area contributed by atoms with Crippen molar-refractivity contribution >= 4 is 0 Å². The Kier molecular flexibility index (Phi) is 4.71. The topological polar surface area (TPSA) is 24.5 Å². The lowest BCUT2D eigenvalue weighted by Gasteiger charge is -2.37. The molecule has 1 heterocycles. The van der Waals surface area contributed by atoms with Crippen LogP contribution >= 0.6 is 0 Å². The maximum Gasteiger partial charge on any atom is 0.123 e. The molecule has 1 aliphatic rings. The number of benzene rings is 2. The molecule has 1 N–H and O–H groups in total. The minimum atomic E-state index is -0.190. The standard InChI is InChI=1S/C18H21FN2O/c1-22-18-5-3-2-4-16(18)17-12-20-10-11-21(17)13-14-6-8-15(19)9-7-14/h2-9,17,20H,10-13H2,1H3. The van der Waals surface area contributed by atoms with Gasteiger partial charge in [-0.1, -0.05) is 30.3 Å². The van der Waals surface area contributed by atoms with Crippen LogP contribution in [0.2, 0.25) is 0 Å². The normalized spacial score (nSPS) is 19.1. The summed E-state index contributed by atoms with van der Waals surface area (Å²) in [6, 6.07) is 15.2. The lowest BCUT2D eigenvalue weighted by Crippen LogP contribution is -2.45. The number of halogens is 1. The molecule has 22 heavy (non-hydrogen) atoms. The van der Waals surface area contributed by atoms with E-state index in [-0.39, 0.29) is 11.9 Å². The van der Waals surface area contributed by atoms with Crippen molar-refractivity contribution in [2.75, 3.05) is 26.7 Å². The zero-order valence-corrected chi connectivity index (χ0v) is 12.8. The van der Waals surface area contributed by atoms with E-state index in [2.05, 4.69) is 16.3 Å². The maximum atomic E-state index is 13.1. The molecule has 3 nitrogen and oxygen atoms in total. The van der Waals surface area contributed by atoms with Crippen molar-refractivity contribution < 1.29 is 9.13 Å². The van der Waals surface area contributed by atoms with Crippen LogP contribution in [0.15, 0.2) is 48.5 Å². The molecule has 1 saturated heterocycles. The van der Waals surface area contributed by atoms with Gasteiger partial charge in [-0.25, -0.2) is 4.39 Å². The third-order valence-corrected chi connectivity index (χ3v) is 4.15. The molecule has 1 aliphatic heterocycles. The molecule has 0 radical (unpaired) electrons. The molecule has 0 amide bonds. The predicted molar refractivity (Wildman–Crippen MR) is 85.4 cm³/mol. The highest BCUT2D eigenvalue weighted by Crippen LogP contribution is 2.31. The van der Waals surface area contributed by atoms with Gasteiger partial charge in [0, 0.05) is 31.7 Å². The molecule has 2 aromatic carbocycles. The summed E-state index contributed by atoms with van der Waals surface area (Å²) in [6.07, 6.45) is 0. The average Bonchev–Trinajstić information content (AvgIpc) is 2.57. The van der Waals surface area contributed by atoms with Crippen molar-refractivity contribution in [3.05, 3.63) is 65.5 Å². The smallest absolute Gasteiger partial charge is 0.123 e. The van der Waals surface area contributed by atoms with E-state index in [0.717, 1.165) is 37.5 Å². The first kappa shape index (κ1) is 15.0. The number of nitrogens with one attached hydrogen (secondary N) is 1. The Balaban J connectivity index is 1.83. The summed E-state index contributed by atoms with van der Waals surface area (Å²) < 4.78 is 18.6. The number of methoxy groups -OCH3 is 1. The van der Waals surface area contributed by atoms with Gasteiger partial charge >= 0.3 is 0 Å². The Labute approximate surface area is 130 Å². The molecule has 0 aliphatic carbocycles. The molecule has 0 spiro atoms. The van der Waals surface area contributed by atoms with Crippen molar-refractivity contribution in [2.45, 2.75) is 12.6 Å². The molecule has 0 aromatic heterocycles. The number of ether oxygens (including phenoxy) is 1. The molecule has 4 heteroatoms. The van der Waals surface area contributed by atoms with Gasteiger partial charge in [-0.15, -0.1) is 0 Å². The summed E-state index contributed by atoms with van der Waals surface area (Å²) >= 11 is 0. The third kappa shape index (κ3) is 3.29. The first-order valence-electron chi connectivity index (χ1n) is 7.60. The van der Waals surface area contributed by atoms with E-state index in [1.807, 2.05) is 30.3 Å². The van der Waals surface area contributed by atoms with Crippen LogP contribution in [0.5, 0.6) is 5.75 Å². The van der Waals surface area contributed by atoms with Gasteiger partial charge in [0.2, 0.25) is 0 Å². The van der Waals surface area contributed by atoms with E-state index >= 15 is 0 Å². The molecule has 1 fully saturated rings. The van der Waals surface area contributed by atoms with Crippen LogP contribution in [0.3, 0.4) is 0 Å². The van der Waals surface area contributed by atoms with Gasteiger partial charge in [0.25, 0.3) is 0 Å². The zero-order chi connectivity index (χ0) is 15.4. The number of hydrogen-bond acceptors (Lipinski definition) is 3. The Morgan fingerprint density at radius 2 is 1.95 bits per heavy atom. The summed E-state index contributed by atoms with van der Waals surface area (Å²) in [5.74, 6) is 0.727. The van der Waals surface area contributed by atoms with E-state index < -0.39 is 0 Å². The average molecular weight is 300 g/mol. The van der Waals surface area contributed by atoms with Crippen LogP contribution in [0.4, 0.5) is 4.39 Å². The van der Waals surface area contributed by atoms with Crippen LogP contribution in [-0.2, 0) is 6.54 Å². The van der Waals surface area contributed by atoms with Crippen molar-refractivity contribution in [1.82, 2.24) is 10.2 Å². The van der Waals surface area contributed by atoms with Gasteiger partial charge in [-0.2, -0.15) is 0 Å². The molecule has 2 aromatic rings. The van der Waals surface area contributed by atoms with E-state index in [0.29, 0.717) is 0 Å². The minimum absolute atomic E-state index is 0.190. The molecule has 0 bridgehead atoms. The Bertz CT molecular complexity index is 615. The van der Waals surface area contributed by atoms with Crippen LogP contribution in [0, 0.1) is 5.82 Å². The maximum absolute atomic E-state index is 13.1. The number of piperazine rings is 1. The van der Waals surface area contributed by atoms with Crippen molar-refractivity contribution in [3.8, 4) is 5.75 Å². The Morgan fingerprint density at radius 3 is 2.73 bits per heavy atom. The van der Waals surface area contributed by atoms with Gasteiger partial charge in [0.05, 0.1) is 13.2 Å². The fourth-order valence-electron chi connectivity index (χ4n) is 3.01. The molecule has 1 unspecified atom stereocenters. The highest BCUT2D eigenvalue weighted by atomic mass is 19.1. The monoisotopic (exact) mass is 300 g/mol. The number of hydrogen-bond donors (Lipinski definition) is 1. The van der Waals surface area contributed by atoms with Gasteiger partial charge in [0.15, 0.2) is 0 Å². The first-order valence-corrected chi connectivity index (χ1v) is 7.60. The summed E-state index contributed by atoms with van der Waals surface area (Å²) in [6.45, 7) is 3.62. The van der Waals surface area contributed by atoms with Gasteiger partial charge in [-0.3, -0.25) is 4.90 Å². The van der Waals surface area contributed by atoms with E-state index in [1.165, 1.54) is 17.7 Å². The number of rotatable bonds is 4. The second-order valence-electron chi connectivity index (χ2n) is 5.56. The van der Waals surface area contributed by atoms with Crippen molar-refractivity contribution in [2.24, 2.45) is 0 Å². The van der Waals surface area contributed by atoms with E-state index in [1.54, 1.807) is 7.11 Å². The number of para-hydroxylation sites is 1. The quantitative estimate of drug-likeness (QED) is 0.939.